The van der Waals surface area contributed by atoms with E-state index >= 15 is 0 Å². The van der Waals surface area contributed by atoms with Gasteiger partial charge in [0.1, 0.15) is 5.69 Å². The molecule has 0 unspecified atom stereocenters. The number of fused-ring (bicyclic) bond motifs is 1. The molecule has 33 heavy (non-hydrogen) atoms. The molecule has 0 aliphatic carbocycles. The highest BCUT2D eigenvalue weighted by atomic mass is 19.4. The third-order valence-corrected chi connectivity index (χ3v) is 4.68. The third-order valence-electron chi connectivity index (χ3n) is 4.68. The number of hydrogen-bond donors (Lipinski definition) is 3. The van der Waals surface area contributed by atoms with E-state index < -0.39 is 28.3 Å². The second kappa shape index (κ2) is 9.54. The van der Waals surface area contributed by atoms with E-state index in [9.17, 15) is 32.9 Å². The number of carbonyl (C=O) groups is 1. The van der Waals surface area contributed by atoms with Crippen LogP contribution in [0.15, 0.2) is 47.3 Å². The van der Waals surface area contributed by atoms with Gasteiger partial charge in [-0.2, -0.15) is 13.2 Å². The lowest BCUT2D eigenvalue weighted by Gasteiger charge is -2.14. The Hall–Kier alpha value is -4.16. The molecule has 0 aliphatic rings. The van der Waals surface area contributed by atoms with E-state index in [4.69, 9.17) is 0 Å². The monoisotopic (exact) mass is 464 g/mol. The molecule has 1 amide bonds. The molecule has 3 N–H and O–H groups in total. The minimum atomic E-state index is -4.72. The number of nitrogens with one attached hydrogen (secondary N) is 3. The van der Waals surface area contributed by atoms with Crippen molar-refractivity contribution in [1.29, 1.82) is 0 Å². The zero-order chi connectivity index (χ0) is 24.2. The molecule has 1 heterocycles. The maximum Gasteiger partial charge on any atom is 0.416 e. The van der Waals surface area contributed by atoms with E-state index in [-0.39, 0.29) is 30.2 Å². The van der Waals surface area contributed by atoms with Crippen LogP contribution in [-0.4, -0.2) is 26.9 Å². The lowest BCUT2D eigenvalue weighted by atomic mass is 10.1. The summed E-state index contributed by atoms with van der Waals surface area (Å²) in [5.41, 5.74) is 3.09. The Kier molecular flexibility index (Phi) is 6.80. The molecule has 3 rings (SSSR count). The first-order valence-corrected chi connectivity index (χ1v) is 9.75. The number of nitrogens with zero attached hydrogens (tertiary/aromatic N) is 3. The molecule has 0 saturated heterocycles. The summed E-state index contributed by atoms with van der Waals surface area (Å²) in [6.07, 6.45) is -4.89. The van der Waals surface area contributed by atoms with Gasteiger partial charge in [0.25, 0.3) is 11.2 Å². The average molecular weight is 464 g/mol. The van der Waals surface area contributed by atoms with E-state index in [1.54, 1.807) is 31.2 Å². The van der Waals surface area contributed by atoms with Crippen molar-refractivity contribution >= 4 is 34.1 Å². The fraction of sp³-hybridized carbons (Fsp3) is 0.250. The van der Waals surface area contributed by atoms with Gasteiger partial charge < -0.3 is 5.32 Å². The molecule has 1 aromatic heterocycles. The van der Waals surface area contributed by atoms with E-state index in [2.05, 4.69) is 21.2 Å². The number of hydrogen-bond acceptors (Lipinski definition) is 7. The number of rotatable bonds is 8. The van der Waals surface area contributed by atoms with Gasteiger partial charge in [-0.1, -0.05) is 12.1 Å². The topological polar surface area (TPSA) is 131 Å². The number of amides is 1. The van der Waals surface area contributed by atoms with E-state index in [0.717, 1.165) is 6.07 Å². The third kappa shape index (κ3) is 5.37. The Balaban J connectivity index is 1.63. The number of hydrazine groups is 1. The molecule has 0 radical (unpaired) electrons. The van der Waals surface area contributed by atoms with Crippen LogP contribution in [0, 0.1) is 10.1 Å². The molecule has 0 bridgehead atoms. The van der Waals surface area contributed by atoms with Gasteiger partial charge in [0.15, 0.2) is 0 Å². The number of para-hydroxylation sites is 1. The van der Waals surface area contributed by atoms with Crippen molar-refractivity contribution in [2.75, 3.05) is 17.3 Å². The molecule has 3 aromatic rings. The molecule has 0 aliphatic heterocycles. The highest BCUT2D eigenvalue weighted by Gasteiger charge is 2.33. The predicted octanol–water partition coefficient (Wildman–Crippen LogP) is 3.29. The van der Waals surface area contributed by atoms with Gasteiger partial charge in [0.2, 0.25) is 11.9 Å². The van der Waals surface area contributed by atoms with Crippen molar-refractivity contribution in [1.82, 2.24) is 15.0 Å². The molecule has 0 saturated carbocycles. The van der Waals surface area contributed by atoms with Crippen molar-refractivity contribution in [3.8, 4) is 0 Å². The predicted molar refractivity (Wildman–Crippen MR) is 115 cm³/mol. The van der Waals surface area contributed by atoms with Gasteiger partial charge in [-0.25, -0.2) is 4.98 Å². The number of anilines is 2. The van der Waals surface area contributed by atoms with Gasteiger partial charge in [-0.15, -0.1) is 0 Å². The number of alkyl halides is 3. The van der Waals surface area contributed by atoms with E-state index in [1.807, 2.05) is 0 Å². The van der Waals surface area contributed by atoms with Gasteiger partial charge in [-0.05, 0) is 31.2 Å². The van der Waals surface area contributed by atoms with Gasteiger partial charge >= 0.3 is 6.18 Å². The molecule has 0 atom stereocenters. The van der Waals surface area contributed by atoms with Crippen LogP contribution in [-0.2, 0) is 17.5 Å². The van der Waals surface area contributed by atoms with Crippen LogP contribution in [0.5, 0.6) is 0 Å². The molecule has 10 nitrogen and oxygen atoms in total. The van der Waals surface area contributed by atoms with Crippen molar-refractivity contribution in [3.05, 3.63) is 68.5 Å². The lowest BCUT2D eigenvalue weighted by Crippen LogP contribution is -2.35. The largest absolute Gasteiger partial charge is 0.416 e. The summed E-state index contributed by atoms with van der Waals surface area (Å²) in [6, 6.07) is 8.82. The van der Waals surface area contributed by atoms with Crippen LogP contribution in [0.1, 0.15) is 18.9 Å². The summed E-state index contributed by atoms with van der Waals surface area (Å²) in [4.78, 5) is 39.2. The fourth-order valence-electron chi connectivity index (χ4n) is 3.06. The zero-order valence-electron chi connectivity index (χ0n) is 17.3. The van der Waals surface area contributed by atoms with E-state index in [1.165, 1.54) is 4.57 Å². The number of halogens is 3. The molecule has 0 spiro atoms. The fourth-order valence-corrected chi connectivity index (χ4v) is 3.06. The standard InChI is InChI=1S/C20H19F3N6O4/c1-2-28-18(31)13-5-3-4-6-14(13)25-19(28)27-26-17(30)9-10-24-15-8-7-12(20(21,22)23)11-16(15)29(32)33/h3-8,11,24H,2,9-10H2,1H3,(H,25,27)(H,26,30). The molecule has 174 valence electrons. The maximum atomic E-state index is 12.8. The summed E-state index contributed by atoms with van der Waals surface area (Å²) in [7, 11) is 0. The van der Waals surface area contributed by atoms with Crippen LogP contribution >= 0.6 is 0 Å². The van der Waals surface area contributed by atoms with E-state index in [0.29, 0.717) is 29.6 Å². The van der Waals surface area contributed by atoms with Crippen molar-refractivity contribution in [3.63, 3.8) is 0 Å². The molecule has 2 aromatic carbocycles. The Bertz CT molecular complexity index is 1260. The van der Waals surface area contributed by atoms with Gasteiger partial charge in [-0.3, -0.25) is 35.1 Å². The van der Waals surface area contributed by atoms with Crippen molar-refractivity contribution in [2.24, 2.45) is 0 Å². The number of nitro groups is 1. The van der Waals surface area contributed by atoms with Crippen LogP contribution in [0.3, 0.4) is 0 Å². The normalized spacial score (nSPS) is 11.3. The average Bonchev–Trinajstić information content (AvgIpc) is 2.77. The van der Waals surface area contributed by atoms with Crippen molar-refractivity contribution in [2.45, 2.75) is 26.1 Å². The maximum absolute atomic E-state index is 12.8. The van der Waals surface area contributed by atoms with Crippen LogP contribution in [0.4, 0.5) is 30.5 Å². The first-order valence-electron chi connectivity index (χ1n) is 9.75. The number of nitro benzene ring substituents is 1. The smallest absolute Gasteiger partial charge is 0.379 e. The highest BCUT2D eigenvalue weighted by molar-refractivity contribution is 5.80. The summed E-state index contributed by atoms with van der Waals surface area (Å²) < 4.78 is 39.7. The van der Waals surface area contributed by atoms with Gasteiger partial charge in [0.05, 0.1) is 21.4 Å². The quantitative estimate of drug-likeness (QED) is 0.344. The second-order valence-corrected chi connectivity index (χ2v) is 6.84. The summed E-state index contributed by atoms with van der Waals surface area (Å²) in [5.74, 6) is -0.414. The first-order chi connectivity index (χ1) is 15.6. The van der Waals surface area contributed by atoms with Gasteiger partial charge in [0, 0.05) is 25.6 Å². The highest BCUT2D eigenvalue weighted by Crippen LogP contribution is 2.34. The lowest BCUT2D eigenvalue weighted by molar-refractivity contribution is -0.384. The molecular weight excluding hydrogens is 445 g/mol. The van der Waals surface area contributed by atoms with Crippen LogP contribution in [0.25, 0.3) is 10.9 Å². The number of aromatic nitrogens is 2. The van der Waals surface area contributed by atoms with Crippen LogP contribution < -0.4 is 21.7 Å². The number of benzene rings is 2. The summed E-state index contributed by atoms with van der Waals surface area (Å²) in [5, 5.41) is 14.1. The molecule has 13 heteroatoms. The minimum Gasteiger partial charge on any atom is -0.379 e. The summed E-state index contributed by atoms with van der Waals surface area (Å²) >= 11 is 0. The minimum absolute atomic E-state index is 0.0918. The second-order valence-electron chi connectivity index (χ2n) is 6.84. The SMILES string of the molecule is CCn1c(NNC(=O)CCNc2ccc(C(F)(F)F)cc2[N+](=O)[O-])nc2ccccc2c1=O. The van der Waals surface area contributed by atoms with Crippen molar-refractivity contribution < 1.29 is 22.9 Å². The zero-order valence-corrected chi connectivity index (χ0v) is 17.3. The Morgan fingerprint density at radius 1 is 1.21 bits per heavy atom. The Labute approximate surface area is 184 Å². The summed E-state index contributed by atoms with van der Waals surface area (Å²) in [6.45, 7) is 1.95. The Morgan fingerprint density at radius 3 is 2.61 bits per heavy atom. The molecule has 0 fully saturated rings. The Morgan fingerprint density at radius 2 is 1.94 bits per heavy atom. The number of carbonyl (C=O) groups excluding carboxylic acids is 1. The first kappa shape index (κ1) is 23.5. The van der Waals surface area contributed by atoms with Crippen LogP contribution in [0.2, 0.25) is 0 Å². The molecular formula is C20H19F3N6O4.